The van der Waals surface area contributed by atoms with E-state index in [-0.39, 0.29) is 18.3 Å². The van der Waals surface area contributed by atoms with Crippen molar-refractivity contribution in [2.45, 2.75) is 25.7 Å². The fourth-order valence-corrected chi connectivity index (χ4v) is 2.57. The Morgan fingerprint density at radius 2 is 1.70 bits per heavy atom. The zero-order valence-electron chi connectivity index (χ0n) is 13.0. The van der Waals surface area contributed by atoms with Gasteiger partial charge in [0, 0.05) is 19.2 Å². The molecule has 0 bridgehead atoms. The van der Waals surface area contributed by atoms with E-state index in [1.165, 1.54) is 11.0 Å². The Bertz CT molecular complexity index is 719. The molecule has 0 aromatic heterocycles. The predicted molar refractivity (Wildman–Crippen MR) is 83.8 cm³/mol. The lowest BCUT2D eigenvalue weighted by Crippen LogP contribution is -2.49. The first-order valence-corrected chi connectivity index (χ1v) is 7.47. The summed E-state index contributed by atoms with van der Waals surface area (Å²) in [4.78, 5) is 14.1. The van der Waals surface area contributed by atoms with Crippen molar-refractivity contribution in [1.82, 2.24) is 4.90 Å². The van der Waals surface area contributed by atoms with Crippen LogP contribution >= 0.6 is 0 Å². The summed E-state index contributed by atoms with van der Waals surface area (Å²) in [5, 5.41) is 0. The summed E-state index contributed by atoms with van der Waals surface area (Å²) in [5.41, 5.74) is 0.466. The Balaban J connectivity index is 1.74. The second kappa shape index (κ2) is 6.28. The van der Waals surface area contributed by atoms with Gasteiger partial charge in [0.25, 0.3) is 5.91 Å². The molecule has 2 atom stereocenters. The molecule has 0 aliphatic carbocycles. The summed E-state index contributed by atoms with van der Waals surface area (Å²) in [7, 11) is 1.63. The van der Waals surface area contributed by atoms with Crippen LogP contribution in [0.25, 0.3) is 0 Å². The highest BCUT2D eigenvalue weighted by atomic mass is 19.1. The van der Waals surface area contributed by atoms with Crippen molar-refractivity contribution in [2.24, 2.45) is 0 Å². The Morgan fingerprint density at radius 1 is 1.09 bits per heavy atom. The van der Waals surface area contributed by atoms with Crippen molar-refractivity contribution in [1.29, 1.82) is 0 Å². The van der Waals surface area contributed by atoms with Crippen LogP contribution in [0, 0.1) is 5.82 Å². The van der Waals surface area contributed by atoms with Gasteiger partial charge in [0.05, 0.1) is 0 Å². The van der Waals surface area contributed by atoms with Crippen molar-refractivity contribution >= 4 is 5.91 Å². The molecule has 1 heterocycles. The molecule has 1 aliphatic heterocycles. The second-order valence-electron chi connectivity index (χ2n) is 5.59. The molecule has 1 aliphatic rings. The molecule has 4 nitrogen and oxygen atoms in total. The van der Waals surface area contributed by atoms with Gasteiger partial charge in [0.1, 0.15) is 11.9 Å². The van der Waals surface area contributed by atoms with Gasteiger partial charge in [-0.25, -0.2) is 4.39 Å². The number of carbonyl (C=O) groups is 1. The average molecular weight is 315 g/mol. The molecule has 1 amide bonds. The third-order valence-corrected chi connectivity index (χ3v) is 3.83. The van der Waals surface area contributed by atoms with E-state index < -0.39 is 12.2 Å². The van der Waals surface area contributed by atoms with E-state index in [0.717, 1.165) is 0 Å². The number of carbonyl (C=O) groups excluding carboxylic acids is 1. The van der Waals surface area contributed by atoms with Crippen molar-refractivity contribution in [3.05, 3.63) is 59.9 Å². The Kier molecular flexibility index (Phi) is 4.19. The summed E-state index contributed by atoms with van der Waals surface area (Å²) >= 11 is 0. The fourth-order valence-electron chi connectivity index (χ4n) is 2.57. The van der Waals surface area contributed by atoms with Crippen LogP contribution in [0.15, 0.2) is 48.5 Å². The molecule has 0 radical (unpaired) electrons. The first-order valence-electron chi connectivity index (χ1n) is 7.47. The van der Waals surface area contributed by atoms with Gasteiger partial charge >= 0.3 is 0 Å². The first-order chi connectivity index (χ1) is 11.1. The Morgan fingerprint density at radius 3 is 2.39 bits per heavy atom. The predicted octanol–water partition coefficient (Wildman–Crippen LogP) is 3.01. The van der Waals surface area contributed by atoms with Gasteiger partial charge in [-0.15, -0.1) is 0 Å². The number of likely N-dealkylation sites (N-methyl/N-ethyl adjacent to an activating group) is 1. The Labute approximate surface area is 134 Å². The number of fused-ring (bicyclic) bond motifs is 1. The zero-order chi connectivity index (χ0) is 16.4. The minimum absolute atomic E-state index is 0.180. The van der Waals surface area contributed by atoms with Crippen LogP contribution in [-0.4, -0.2) is 30.1 Å². The maximum atomic E-state index is 13.7. The maximum Gasteiger partial charge on any atom is 0.267 e. The van der Waals surface area contributed by atoms with Crippen molar-refractivity contribution in [3.63, 3.8) is 0 Å². The van der Waals surface area contributed by atoms with Crippen LogP contribution < -0.4 is 9.47 Å². The molecule has 0 saturated heterocycles. The average Bonchev–Trinajstić information content (AvgIpc) is 2.55. The van der Waals surface area contributed by atoms with Gasteiger partial charge in [-0.3, -0.25) is 4.79 Å². The topological polar surface area (TPSA) is 38.8 Å². The number of rotatable bonds is 3. The number of halogens is 1. The summed E-state index contributed by atoms with van der Waals surface area (Å²) in [6.07, 6.45) is -1.16. The van der Waals surface area contributed by atoms with Crippen molar-refractivity contribution < 1.29 is 18.7 Å². The fraction of sp³-hybridized carbons (Fsp3) is 0.278. The summed E-state index contributed by atoms with van der Waals surface area (Å²) < 4.78 is 25.3. The lowest BCUT2D eigenvalue weighted by molar-refractivity contribution is -0.143. The number of amides is 1. The standard InChI is InChI=1S/C18H18FNO3/c1-12-17(23-16-10-6-5-9-15(16)22-12)18(21)20(2)11-13-7-3-4-8-14(13)19/h3-10,12,17H,11H2,1-2H3/t12-,17-/m1/s1. The van der Waals surface area contributed by atoms with Gasteiger partial charge < -0.3 is 14.4 Å². The largest absolute Gasteiger partial charge is 0.482 e. The molecular formula is C18H18FNO3. The molecule has 5 heteroatoms. The number of benzene rings is 2. The van der Waals surface area contributed by atoms with E-state index in [0.29, 0.717) is 17.1 Å². The van der Waals surface area contributed by atoms with E-state index in [2.05, 4.69) is 0 Å². The SMILES string of the molecule is C[C@H]1Oc2ccccc2O[C@H]1C(=O)N(C)Cc1ccccc1F. The van der Waals surface area contributed by atoms with Crippen LogP contribution in [0.2, 0.25) is 0 Å². The lowest BCUT2D eigenvalue weighted by atomic mass is 10.1. The third-order valence-electron chi connectivity index (χ3n) is 3.83. The number of nitrogens with zero attached hydrogens (tertiary/aromatic N) is 1. The minimum atomic E-state index is -0.748. The Hall–Kier alpha value is -2.56. The molecular weight excluding hydrogens is 297 g/mol. The molecule has 3 rings (SSSR count). The summed E-state index contributed by atoms with van der Waals surface area (Å²) in [6, 6.07) is 13.6. The van der Waals surface area contributed by atoms with Gasteiger partial charge in [-0.1, -0.05) is 30.3 Å². The molecule has 2 aromatic rings. The van der Waals surface area contributed by atoms with Crippen LogP contribution in [0.1, 0.15) is 12.5 Å². The normalized spacial score (nSPS) is 19.3. The molecule has 120 valence electrons. The van der Waals surface area contributed by atoms with Gasteiger partial charge in [-0.2, -0.15) is 0 Å². The third kappa shape index (κ3) is 3.13. The van der Waals surface area contributed by atoms with E-state index in [1.807, 2.05) is 12.1 Å². The van der Waals surface area contributed by atoms with Gasteiger partial charge in [0.2, 0.25) is 6.10 Å². The van der Waals surface area contributed by atoms with Crippen LogP contribution in [-0.2, 0) is 11.3 Å². The van der Waals surface area contributed by atoms with E-state index in [4.69, 9.17) is 9.47 Å². The quantitative estimate of drug-likeness (QED) is 0.874. The molecule has 0 fully saturated rings. The zero-order valence-corrected chi connectivity index (χ0v) is 13.0. The molecule has 0 N–H and O–H groups in total. The van der Waals surface area contributed by atoms with E-state index in [1.54, 1.807) is 44.3 Å². The highest BCUT2D eigenvalue weighted by Crippen LogP contribution is 2.33. The lowest BCUT2D eigenvalue weighted by Gasteiger charge is -2.33. The highest BCUT2D eigenvalue weighted by molar-refractivity contribution is 5.82. The smallest absolute Gasteiger partial charge is 0.267 e. The number of para-hydroxylation sites is 2. The van der Waals surface area contributed by atoms with Crippen molar-refractivity contribution in [2.75, 3.05) is 7.05 Å². The molecule has 2 aromatic carbocycles. The maximum absolute atomic E-state index is 13.7. The van der Waals surface area contributed by atoms with Crippen LogP contribution in [0.4, 0.5) is 4.39 Å². The molecule has 0 unspecified atom stereocenters. The summed E-state index contributed by atoms with van der Waals surface area (Å²) in [5.74, 6) is 0.602. The van der Waals surface area contributed by atoms with Gasteiger partial charge in [0.15, 0.2) is 11.5 Å². The van der Waals surface area contributed by atoms with Crippen molar-refractivity contribution in [3.8, 4) is 11.5 Å². The van der Waals surface area contributed by atoms with E-state index >= 15 is 0 Å². The number of hydrogen-bond acceptors (Lipinski definition) is 3. The van der Waals surface area contributed by atoms with Crippen LogP contribution in [0.5, 0.6) is 11.5 Å². The van der Waals surface area contributed by atoms with Crippen LogP contribution in [0.3, 0.4) is 0 Å². The molecule has 23 heavy (non-hydrogen) atoms. The number of ether oxygens (including phenoxy) is 2. The molecule has 0 spiro atoms. The first kappa shape index (κ1) is 15.3. The highest BCUT2D eigenvalue weighted by Gasteiger charge is 2.35. The minimum Gasteiger partial charge on any atom is -0.482 e. The van der Waals surface area contributed by atoms with E-state index in [9.17, 15) is 9.18 Å². The van der Waals surface area contributed by atoms with Gasteiger partial charge in [-0.05, 0) is 25.1 Å². The summed E-state index contributed by atoms with van der Waals surface area (Å²) in [6.45, 7) is 1.97. The number of hydrogen-bond donors (Lipinski definition) is 0. The monoisotopic (exact) mass is 315 g/mol. The second-order valence-corrected chi connectivity index (χ2v) is 5.59. The molecule has 0 saturated carbocycles.